The topological polar surface area (TPSA) is 21.3 Å². The molecular weight excluding hydrogens is 330 g/mol. The van der Waals surface area contributed by atoms with Gasteiger partial charge in [-0.1, -0.05) is 84.4 Å². The second-order valence-electron chi connectivity index (χ2n) is 6.19. The summed E-state index contributed by atoms with van der Waals surface area (Å²) in [6, 6.07) is 28.5. The van der Waals surface area contributed by atoms with E-state index in [2.05, 4.69) is 48.0 Å². The monoisotopic (exact) mass is 347 g/mol. The quantitative estimate of drug-likeness (QED) is 0.686. The first kappa shape index (κ1) is 15.9. The van der Waals surface area contributed by atoms with Crippen molar-refractivity contribution >= 4 is 17.3 Å². The second-order valence-corrected chi connectivity index (χ2v) is 6.62. The van der Waals surface area contributed by atoms with E-state index in [9.17, 15) is 0 Å². The molecule has 0 aromatic heterocycles. The minimum Gasteiger partial charge on any atom is -0.265 e. The van der Waals surface area contributed by atoms with Crippen LogP contribution in [0.4, 0.5) is 0 Å². The molecule has 3 aromatic carbocycles. The predicted octanol–water partition coefficient (Wildman–Crippen LogP) is 5.35. The Bertz CT molecular complexity index is 875. The van der Waals surface area contributed by atoms with Crippen LogP contribution in [0.5, 0.6) is 0 Å². The summed E-state index contributed by atoms with van der Waals surface area (Å²) in [5.41, 5.74) is 6.93. The van der Waals surface area contributed by atoms with Gasteiger partial charge in [-0.05, 0) is 34.9 Å². The van der Waals surface area contributed by atoms with Gasteiger partial charge in [-0.2, -0.15) is 0 Å². The van der Waals surface area contributed by atoms with E-state index in [4.69, 9.17) is 16.4 Å². The third-order valence-corrected chi connectivity index (χ3v) is 4.70. The normalized spacial score (nSPS) is 19.3. The molecule has 3 heteroatoms. The van der Waals surface area contributed by atoms with Crippen LogP contribution in [0.1, 0.15) is 16.7 Å². The zero-order valence-electron chi connectivity index (χ0n) is 13.7. The molecule has 0 radical (unpaired) electrons. The van der Waals surface area contributed by atoms with E-state index >= 15 is 0 Å². The van der Waals surface area contributed by atoms with E-state index in [0.29, 0.717) is 0 Å². The van der Waals surface area contributed by atoms with Gasteiger partial charge in [0, 0.05) is 11.4 Å². The Morgan fingerprint density at radius 1 is 0.800 bits per heavy atom. The zero-order valence-corrected chi connectivity index (χ0v) is 14.4. The number of hydrogen-bond acceptors (Lipinski definition) is 2. The minimum absolute atomic E-state index is 0.544. The highest BCUT2D eigenvalue weighted by molar-refractivity contribution is 6.30. The Morgan fingerprint density at radius 2 is 1.44 bits per heavy atom. The summed E-state index contributed by atoms with van der Waals surface area (Å²) in [6.45, 7) is 0. The lowest BCUT2D eigenvalue weighted by atomic mass is 9.86. The Kier molecular flexibility index (Phi) is 4.31. The van der Waals surface area contributed by atoms with E-state index < -0.39 is 5.60 Å². The molecule has 1 atom stereocenters. The van der Waals surface area contributed by atoms with Gasteiger partial charge in [0.05, 0.1) is 5.70 Å². The third-order valence-electron chi connectivity index (χ3n) is 4.45. The van der Waals surface area contributed by atoms with Gasteiger partial charge in [0.1, 0.15) is 5.60 Å². The van der Waals surface area contributed by atoms with Crippen molar-refractivity contribution in [3.63, 3.8) is 0 Å². The molecule has 0 bridgehead atoms. The summed E-state index contributed by atoms with van der Waals surface area (Å²) >= 11 is 6.01. The molecule has 0 amide bonds. The fourth-order valence-electron chi connectivity index (χ4n) is 3.16. The molecule has 124 valence electrons. The average Bonchev–Trinajstić information content (AvgIpc) is 3.09. The van der Waals surface area contributed by atoms with Gasteiger partial charge in [0.15, 0.2) is 0 Å². The average molecular weight is 348 g/mol. The molecule has 0 saturated heterocycles. The molecular formula is C22H18ClNO. The van der Waals surface area contributed by atoms with Crippen LogP contribution >= 0.6 is 11.6 Å². The fourth-order valence-corrected chi connectivity index (χ4v) is 3.29. The van der Waals surface area contributed by atoms with E-state index in [0.717, 1.165) is 28.3 Å². The summed E-state index contributed by atoms with van der Waals surface area (Å²) < 4.78 is 0. The van der Waals surface area contributed by atoms with Crippen molar-refractivity contribution in [1.82, 2.24) is 5.48 Å². The van der Waals surface area contributed by atoms with Gasteiger partial charge in [-0.15, -0.1) is 0 Å². The fraction of sp³-hybridized carbons (Fsp3) is 0.0909. The summed E-state index contributed by atoms with van der Waals surface area (Å²) in [4.78, 5) is 6.15. The van der Waals surface area contributed by atoms with Crippen LogP contribution in [0, 0.1) is 0 Å². The Labute approximate surface area is 152 Å². The van der Waals surface area contributed by atoms with Gasteiger partial charge >= 0.3 is 0 Å². The summed E-state index contributed by atoms with van der Waals surface area (Å²) in [5, 5.41) is 0.724. The van der Waals surface area contributed by atoms with Crippen LogP contribution < -0.4 is 5.48 Å². The molecule has 1 aliphatic rings. The molecule has 1 aliphatic heterocycles. The Balaban J connectivity index is 1.75. The summed E-state index contributed by atoms with van der Waals surface area (Å²) in [7, 11) is 0. The first-order chi connectivity index (χ1) is 12.3. The van der Waals surface area contributed by atoms with E-state index in [1.165, 1.54) is 5.56 Å². The van der Waals surface area contributed by atoms with Gasteiger partial charge < -0.3 is 0 Å². The molecule has 2 nitrogen and oxygen atoms in total. The molecule has 0 aliphatic carbocycles. The van der Waals surface area contributed by atoms with Crippen LogP contribution in [0.2, 0.25) is 5.02 Å². The lowest BCUT2D eigenvalue weighted by molar-refractivity contribution is -0.0380. The third kappa shape index (κ3) is 3.32. The van der Waals surface area contributed by atoms with Crippen molar-refractivity contribution in [2.75, 3.05) is 0 Å². The molecule has 0 fully saturated rings. The number of hydroxylamine groups is 1. The second kappa shape index (κ2) is 6.75. The highest BCUT2D eigenvalue weighted by Gasteiger charge is 2.37. The number of rotatable bonds is 4. The SMILES string of the molecule is Clc1ccc(C2=CC(Cc3ccccc3)(c3ccccc3)ON2)cc1. The van der Waals surface area contributed by atoms with Gasteiger partial charge in [-0.25, -0.2) is 0 Å². The van der Waals surface area contributed by atoms with Gasteiger partial charge in [-0.3, -0.25) is 10.3 Å². The molecule has 1 heterocycles. The Morgan fingerprint density at radius 3 is 2.12 bits per heavy atom. The summed E-state index contributed by atoms with van der Waals surface area (Å²) in [5.74, 6) is 0. The van der Waals surface area contributed by atoms with Crippen LogP contribution in [-0.4, -0.2) is 0 Å². The Hall–Kier alpha value is -2.55. The van der Waals surface area contributed by atoms with Crippen molar-refractivity contribution in [2.24, 2.45) is 0 Å². The zero-order chi connectivity index (χ0) is 17.1. The maximum absolute atomic E-state index is 6.15. The van der Waals surface area contributed by atoms with Crippen LogP contribution in [-0.2, 0) is 16.9 Å². The van der Waals surface area contributed by atoms with Crippen molar-refractivity contribution < 1.29 is 4.84 Å². The van der Waals surface area contributed by atoms with Gasteiger partial charge in [0.2, 0.25) is 0 Å². The predicted molar refractivity (Wildman–Crippen MR) is 102 cm³/mol. The lowest BCUT2D eigenvalue weighted by Crippen LogP contribution is -2.29. The smallest absolute Gasteiger partial charge is 0.145 e. The maximum Gasteiger partial charge on any atom is 0.145 e. The summed E-state index contributed by atoms with van der Waals surface area (Å²) in [6.07, 6.45) is 2.92. The number of halogens is 1. The van der Waals surface area contributed by atoms with Crippen LogP contribution in [0.25, 0.3) is 5.70 Å². The van der Waals surface area contributed by atoms with E-state index in [-0.39, 0.29) is 0 Å². The number of benzene rings is 3. The molecule has 1 N–H and O–H groups in total. The number of hydrogen-bond donors (Lipinski definition) is 1. The number of nitrogens with one attached hydrogen (secondary N) is 1. The highest BCUT2D eigenvalue weighted by Crippen LogP contribution is 2.38. The molecule has 0 saturated carbocycles. The van der Waals surface area contributed by atoms with Crippen LogP contribution in [0.15, 0.2) is 91.0 Å². The van der Waals surface area contributed by atoms with Crippen LogP contribution in [0.3, 0.4) is 0 Å². The van der Waals surface area contributed by atoms with Gasteiger partial charge in [0.25, 0.3) is 0 Å². The molecule has 4 rings (SSSR count). The first-order valence-electron chi connectivity index (χ1n) is 8.27. The lowest BCUT2D eigenvalue weighted by Gasteiger charge is -2.26. The molecule has 1 unspecified atom stereocenters. The van der Waals surface area contributed by atoms with E-state index in [1.54, 1.807) is 0 Å². The van der Waals surface area contributed by atoms with Crippen molar-refractivity contribution in [3.8, 4) is 0 Å². The maximum atomic E-state index is 6.15. The molecule has 25 heavy (non-hydrogen) atoms. The minimum atomic E-state index is -0.544. The van der Waals surface area contributed by atoms with Crippen molar-refractivity contribution in [3.05, 3.63) is 113 Å². The van der Waals surface area contributed by atoms with E-state index in [1.807, 2.05) is 48.5 Å². The highest BCUT2D eigenvalue weighted by atomic mass is 35.5. The largest absolute Gasteiger partial charge is 0.265 e. The molecule has 3 aromatic rings. The standard InChI is InChI=1S/C22H18ClNO/c23-20-13-11-18(12-14-20)21-16-22(25-24-21,19-9-5-2-6-10-19)15-17-7-3-1-4-8-17/h1-14,16,24H,15H2. The van der Waals surface area contributed by atoms with Crippen molar-refractivity contribution in [1.29, 1.82) is 0 Å². The van der Waals surface area contributed by atoms with Crippen molar-refractivity contribution in [2.45, 2.75) is 12.0 Å². The molecule has 0 spiro atoms. The first-order valence-corrected chi connectivity index (χ1v) is 8.65.